The third-order valence-corrected chi connectivity index (χ3v) is 3.19. The number of piperidine rings is 1. The zero-order valence-electron chi connectivity index (χ0n) is 9.34. The van der Waals surface area contributed by atoms with Crippen LogP contribution in [0.4, 0.5) is 0 Å². The van der Waals surface area contributed by atoms with E-state index in [1.165, 1.54) is 0 Å². The molecule has 1 aromatic heterocycles. The Morgan fingerprint density at radius 2 is 2.24 bits per heavy atom. The second-order valence-corrected chi connectivity index (χ2v) is 4.54. The van der Waals surface area contributed by atoms with Gasteiger partial charge in [0, 0.05) is 12.7 Å². The molecular formula is C11H14ClN3O2. The first-order valence-electron chi connectivity index (χ1n) is 5.58. The van der Waals surface area contributed by atoms with Crippen molar-refractivity contribution in [1.82, 2.24) is 14.9 Å². The molecule has 2 rings (SSSR count). The van der Waals surface area contributed by atoms with Crippen LogP contribution in [-0.4, -0.2) is 39.0 Å². The van der Waals surface area contributed by atoms with Crippen molar-refractivity contribution in [1.29, 1.82) is 0 Å². The molecule has 0 atom stereocenters. The average Bonchev–Trinajstić information content (AvgIpc) is 2.29. The predicted octanol–water partition coefficient (Wildman–Crippen LogP) is 1.43. The van der Waals surface area contributed by atoms with Crippen LogP contribution in [0, 0.1) is 5.92 Å². The van der Waals surface area contributed by atoms with Crippen LogP contribution in [0.25, 0.3) is 0 Å². The maximum absolute atomic E-state index is 10.8. The summed E-state index contributed by atoms with van der Waals surface area (Å²) < 4.78 is 0. The Labute approximate surface area is 104 Å². The lowest BCUT2D eigenvalue weighted by Gasteiger charge is -2.29. The highest BCUT2D eigenvalue weighted by Crippen LogP contribution is 2.18. The molecule has 1 saturated heterocycles. The van der Waals surface area contributed by atoms with Crippen LogP contribution in [0.1, 0.15) is 18.5 Å². The Morgan fingerprint density at radius 1 is 1.53 bits per heavy atom. The Balaban J connectivity index is 1.88. The summed E-state index contributed by atoms with van der Waals surface area (Å²) >= 11 is 5.71. The van der Waals surface area contributed by atoms with Crippen LogP contribution >= 0.6 is 11.6 Å². The van der Waals surface area contributed by atoms with E-state index in [2.05, 4.69) is 14.9 Å². The van der Waals surface area contributed by atoms with E-state index in [0.717, 1.165) is 18.8 Å². The predicted molar refractivity (Wildman–Crippen MR) is 62.7 cm³/mol. The third kappa shape index (κ3) is 3.38. The summed E-state index contributed by atoms with van der Waals surface area (Å²) in [5.74, 6) is -0.880. The fraction of sp³-hybridized carbons (Fsp3) is 0.545. The molecule has 0 aliphatic carbocycles. The Morgan fingerprint density at radius 3 is 2.82 bits per heavy atom. The van der Waals surface area contributed by atoms with Crippen molar-refractivity contribution in [2.24, 2.45) is 5.92 Å². The Bertz CT molecular complexity index is 405. The van der Waals surface area contributed by atoms with E-state index in [-0.39, 0.29) is 11.2 Å². The molecule has 1 fully saturated rings. The number of nitrogens with zero attached hydrogens (tertiary/aromatic N) is 3. The highest BCUT2D eigenvalue weighted by Gasteiger charge is 2.24. The summed E-state index contributed by atoms with van der Waals surface area (Å²) in [6.45, 7) is 2.28. The lowest BCUT2D eigenvalue weighted by Crippen LogP contribution is -2.36. The normalized spacial score (nSPS) is 18.2. The molecule has 0 amide bonds. The van der Waals surface area contributed by atoms with Gasteiger partial charge >= 0.3 is 5.97 Å². The minimum atomic E-state index is -0.685. The minimum Gasteiger partial charge on any atom is -0.481 e. The number of carboxylic acid groups (broad SMARTS) is 1. The molecule has 0 spiro atoms. The van der Waals surface area contributed by atoms with E-state index in [9.17, 15) is 4.79 Å². The second-order valence-electron chi connectivity index (χ2n) is 4.21. The number of halogens is 1. The van der Waals surface area contributed by atoms with E-state index in [1.807, 2.05) is 6.07 Å². The molecule has 0 saturated carbocycles. The van der Waals surface area contributed by atoms with E-state index in [4.69, 9.17) is 16.7 Å². The lowest BCUT2D eigenvalue weighted by atomic mass is 9.97. The van der Waals surface area contributed by atoms with E-state index in [1.54, 1.807) is 6.20 Å². The van der Waals surface area contributed by atoms with Gasteiger partial charge in [0.2, 0.25) is 5.28 Å². The average molecular weight is 256 g/mol. The molecule has 92 valence electrons. The van der Waals surface area contributed by atoms with Gasteiger partial charge in [0.25, 0.3) is 0 Å². The maximum atomic E-state index is 10.8. The van der Waals surface area contributed by atoms with Crippen LogP contribution in [0.2, 0.25) is 5.28 Å². The molecule has 17 heavy (non-hydrogen) atoms. The molecule has 1 aromatic rings. The van der Waals surface area contributed by atoms with Crippen molar-refractivity contribution >= 4 is 17.6 Å². The summed E-state index contributed by atoms with van der Waals surface area (Å²) in [5.41, 5.74) is 0.874. The number of hydrogen-bond acceptors (Lipinski definition) is 4. The van der Waals surface area contributed by atoms with Crippen LogP contribution in [-0.2, 0) is 11.3 Å². The fourth-order valence-electron chi connectivity index (χ4n) is 2.02. The highest BCUT2D eigenvalue weighted by atomic mass is 35.5. The SMILES string of the molecule is O=C(O)C1CCN(Cc2ccnc(Cl)n2)CC1. The van der Waals surface area contributed by atoms with E-state index >= 15 is 0 Å². The number of hydrogen-bond donors (Lipinski definition) is 1. The molecule has 5 nitrogen and oxygen atoms in total. The fourth-order valence-corrected chi connectivity index (χ4v) is 2.19. The maximum Gasteiger partial charge on any atom is 0.306 e. The molecular weight excluding hydrogens is 242 g/mol. The molecule has 0 unspecified atom stereocenters. The van der Waals surface area contributed by atoms with Crippen molar-refractivity contribution in [3.8, 4) is 0 Å². The summed E-state index contributed by atoms with van der Waals surface area (Å²) in [6, 6.07) is 1.83. The van der Waals surface area contributed by atoms with Gasteiger partial charge in [-0.2, -0.15) is 0 Å². The Kier molecular flexibility index (Phi) is 3.91. The summed E-state index contributed by atoms with van der Waals surface area (Å²) in [7, 11) is 0. The van der Waals surface area contributed by atoms with Gasteiger partial charge in [0.1, 0.15) is 0 Å². The molecule has 1 N–H and O–H groups in total. The van der Waals surface area contributed by atoms with Gasteiger partial charge in [0.05, 0.1) is 11.6 Å². The Hall–Kier alpha value is -1.20. The van der Waals surface area contributed by atoms with Crippen molar-refractivity contribution in [2.75, 3.05) is 13.1 Å². The van der Waals surface area contributed by atoms with Gasteiger partial charge in [-0.3, -0.25) is 9.69 Å². The lowest BCUT2D eigenvalue weighted by molar-refractivity contribution is -0.143. The van der Waals surface area contributed by atoms with Gasteiger partial charge < -0.3 is 5.11 Å². The van der Waals surface area contributed by atoms with Crippen molar-refractivity contribution in [3.63, 3.8) is 0 Å². The first kappa shape index (κ1) is 12.3. The third-order valence-electron chi connectivity index (χ3n) is 3.01. The van der Waals surface area contributed by atoms with Crippen molar-refractivity contribution < 1.29 is 9.90 Å². The van der Waals surface area contributed by atoms with Gasteiger partial charge in [-0.25, -0.2) is 9.97 Å². The highest BCUT2D eigenvalue weighted by molar-refractivity contribution is 6.28. The number of carbonyl (C=O) groups is 1. The quantitative estimate of drug-likeness (QED) is 0.828. The van der Waals surface area contributed by atoms with Gasteiger partial charge in [-0.1, -0.05) is 0 Å². The van der Waals surface area contributed by atoms with Crippen molar-refractivity contribution in [2.45, 2.75) is 19.4 Å². The van der Waals surface area contributed by atoms with Crippen LogP contribution < -0.4 is 0 Å². The zero-order chi connectivity index (χ0) is 12.3. The first-order chi connectivity index (χ1) is 8.15. The number of aliphatic carboxylic acids is 1. The van der Waals surface area contributed by atoms with Gasteiger partial charge in [-0.05, 0) is 43.6 Å². The summed E-state index contributed by atoms with van der Waals surface area (Å²) in [6.07, 6.45) is 3.04. The largest absolute Gasteiger partial charge is 0.481 e. The molecule has 6 heteroatoms. The summed E-state index contributed by atoms with van der Waals surface area (Å²) in [4.78, 5) is 20.9. The number of carboxylic acids is 1. The molecule has 0 bridgehead atoms. The van der Waals surface area contributed by atoms with E-state index < -0.39 is 5.97 Å². The second kappa shape index (κ2) is 5.42. The van der Waals surface area contributed by atoms with Gasteiger partial charge in [0.15, 0.2) is 0 Å². The molecule has 2 heterocycles. The number of rotatable bonds is 3. The topological polar surface area (TPSA) is 66.3 Å². The zero-order valence-corrected chi connectivity index (χ0v) is 10.1. The first-order valence-corrected chi connectivity index (χ1v) is 5.95. The van der Waals surface area contributed by atoms with Crippen LogP contribution in [0.3, 0.4) is 0 Å². The number of aromatic nitrogens is 2. The molecule has 0 aromatic carbocycles. The van der Waals surface area contributed by atoms with E-state index in [0.29, 0.717) is 19.4 Å². The standard InChI is InChI=1S/C11H14ClN3O2/c12-11-13-4-1-9(14-11)7-15-5-2-8(3-6-15)10(16)17/h1,4,8H,2-3,5-7H2,(H,16,17). The van der Waals surface area contributed by atoms with Crippen molar-refractivity contribution in [3.05, 3.63) is 23.2 Å². The van der Waals surface area contributed by atoms with Gasteiger partial charge in [-0.15, -0.1) is 0 Å². The molecule has 1 aliphatic heterocycles. The van der Waals surface area contributed by atoms with Crippen LogP contribution in [0.15, 0.2) is 12.3 Å². The van der Waals surface area contributed by atoms with Crippen LogP contribution in [0.5, 0.6) is 0 Å². The number of likely N-dealkylation sites (tertiary alicyclic amines) is 1. The smallest absolute Gasteiger partial charge is 0.306 e. The monoisotopic (exact) mass is 255 g/mol. The minimum absolute atomic E-state index is 0.194. The molecule has 1 aliphatic rings. The molecule has 0 radical (unpaired) electrons. The summed E-state index contributed by atoms with van der Waals surface area (Å²) in [5, 5.41) is 9.15.